The van der Waals surface area contributed by atoms with Gasteiger partial charge in [-0.3, -0.25) is 9.59 Å². The van der Waals surface area contributed by atoms with Crippen molar-refractivity contribution in [2.75, 3.05) is 16.8 Å². The highest BCUT2D eigenvalue weighted by molar-refractivity contribution is 8.00. The number of benzene rings is 2. The van der Waals surface area contributed by atoms with Gasteiger partial charge in [0.25, 0.3) is 0 Å². The fourth-order valence-electron chi connectivity index (χ4n) is 2.89. The lowest BCUT2D eigenvalue weighted by atomic mass is 10.2. The molecular formula is C21H22ClFN2O2S. The number of halogens is 2. The van der Waals surface area contributed by atoms with Gasteiger partial charge in [0.05, 0.1) is 18.1 Å². The van der Waals surface area contributed by atoms with Gasteiger partial charge in [0.2, 0.25) is 11.8 Å². The van der Waals surface area contributed by atoms with E-state index < -0.39 is 5.82 Å². The van der Waals surface area contributed by atoms with Gasteiger partial charge in [-0.1, -0.05) is 29.8 Å². The first-order valence-corrected chi connectivity index (χ1v) is 10.6. The quantitative estimate of drug-likeness (QED) is 0.676. The van der Waals surface area contributed by atoms with E-state index in [1.54, 1.807) is 17.0 Å². The number of carbonyl (C=O) groups is 2. The topological polar surface area (TPSA) is 49.4 Å². The van der Waals surface area contributed by atoms with Crippen molar-refractivity contribution in [1.82, 2.24) is 4.90 Å². The molecular weight excluding hydrogens is 399 g/mol. The highest BCUT2D eigenvalue weighted by Crippen LogP contribution is 2.31. The molecule has 0 heterocycles. The van der Waals surface area contributed by atoms with Crippen LogP contribution in [-0.4, -0.2) is 34.3 Å². The van der Waals surface area contributed by atoms with E-state index in [0.717, 1.165) is 24.1 Å². The van der Waals surface area contributed by atoms with Crippen molar-refractivity contribution in [3.63, 3.8) is 0 Å². The normalized spacial score (nSPS) is 13.2. The Balaban J connectivity index is 1.51. The van der Waals surface area contributed by atoms with Gasteiger partial charge in [-0.25, -0.2) is 4.39 Å². The van der Waals surface area contributed by atoms with Gasteiger partial charge in [0.1, 0.15) is 5.82 Å². The molecule has 0 radical (unpaired) electrons. The van der Waals surface area contributed by atoms with Gasteiger partial charge in [0, 0.05) is 22.3 Å². The summed E-state index contributed by atoms with van der Waals surface area (Å²) in [7, 11) is 0. The van der Waals surface area contributed by atoms with Crippen LogP contribution in [0.2, 0.25) is 5.02 Å². The maximum absolute atomic E-state index is 14.1. The number of amides is 2. The average molecular weight is 421 g/mol. The van der Waals surface area contributed by atoms with E-state index in [9.17, 15) is 14.0 Å². The summed E-state index contributed by atoms with van der Waals surface area (Å²) in [6.07, 6.45) is 1.83. The summed E-state index contributed by atoms with van der Waals surface area (Å²) in [5.74, 6) is -0.313. The van der Waals surface area contributed by atoms with Crippen LogP contribution in [0.15, 0.2) is 42.5 Å². The molecule has 148 valence electrons. The molecule has 2 aromatic carbocycles. The van der Waals surface area contributed by atoms with Gasteiger partial charge in [0.15, 0.2) is 0 Å². The van der Waals surface area contributed by atoms with E-state index in [1.165, 1.54) is 17.8 Å². The summed E-state index contributed by atoms with van der Waals surface area (Å²) < 4.78 is 14.1. The van der Waals surface area contributed by atoms with Crippen molar-refractivity contribution in [2.24, 2.45) is 0 Å². The Bertz CT molecular complexity index is 853. The molecule has 0 atom stereocenters. The van der Waals surface area contributed by atoms with Gasteiger partial charge in [-0.2, -0.15) is 0 Å². The number of carbonyl (C=O) groups excluding carboxylic acids is 2. The second-order valence-electron chi connectivity index (χ2n) is 6.86. The van der Waals surface area contributed by atoms with Crippen molar-refractivity contribution >= 4 is 40.9 Å². The molecule has 1 N–H and O–H groups in total. The molecule has 0 bridgehead atoms. The molecule has 3 rings (SSSR count). The fraction of sp³-hybridized carbons (Fsp3) is 0.333. The lowest BCUT2D eigenvalue weighted by molar-refractivity contribution is -0.129. The third kappa shape index (κ3) is 5.72. The molecule has 0 unspecified atom stereocenters. The maximum Gasteiger partial charge on any atom is 0.234 e. The number of aryl methyl sites for hydroxylation is 1. The van der Waals surface area contributed by atoms with E-state index in [1.807, 2.05) is 31.2 Å². The van der Waals surface area contributed by atoms with Gasteiger partial charge < -0.3 is 10.2 Å². The molecule has 0 aromatic heterocycles. The number of anilines is 1. The summed E-state index contributed by atoms with van der Waals surface area (Å²) >= 11 is 7.36. The van der Waals surface area contributed by atoms with Crippen molar-refractivity contribution in [2.45, 2.75) is 32.4 Å². The van der Waals surface area contributed by atoms with E-state index in [2.05, 4.69) is 5.32 Å². The second-order valence-corrected chi connectivity index (χ2v) is 8.26. The first-order chi connectivity index (χ1) is 13.4. The summed E-state index contributed by atoms with van der Waals surface area (Å²) in [6.45, 7) is 2.11. The van der Waals surface area contributed by atoms with Crippen molar-refractivity contribution in [1.29, 1.82) is 0 Å². The van der Waals surface area contributed by atoms with Crippen LogP contribution >= 0.6 is 23.4 Å². The molecule has 1 fully saturated rings. The number of rotatable bonds is 8. The van der Waals surface area contributed by atoms with Crippen molar-refractivity contribution in [3.05, 3.63) is 64.4 Å². The number of nitrogens with one attached hydrogen (secondary N) is 1. The van der Waals surface area contributed by atoms with Crippen LogP contribution < -0.4 is 5.32 Å². The molecule has 1 aliphatic rings. The van der Waals surface area contributed by atoms with E-state index in [0.29, 0.717) is 10.6 Å². The molecule has 0 saturated heterocycles. The smallest absolute Gasteiger partial charge is 0.234 e. The Morgan fingerprint density at radius 2 is 1.96 bits per heavy atom. The molecule has 7 heteroatoms. The maximum atomic E-state index is 14.1. The Morgan fingerprint density at radius 3 is 2.64 bits per heavy atom. The van der Waals surface area contributed by atoms with Crippen LogP contribution in [0.5, 0.6) is 0 Å². The minimum absolute atomic E-state index is 0.102. The zero-order chi connectivity index (χ0) is 20.1. The van der Waals surface area contributed by atoms with Crippen molar-refractivity contribution in [3.8, 4) is 0 Å². The summed E-state index contributed by atoms with van der Waals surface area (Å²) in [5.41, 5.74) is 2.14. The highest BCUT2D eigenvalue weighted by Gasteiger charge is 2.33. The van der Waals surface area contributed by atoms with E-state index in [-0.39, 0.29) is 35.9 Å². The van der Waals surface area contributed by atoms with Crippen LogP contribution in [0.3, 0.4) is 0 Å². The number of thioether (sulfide) groups is 1. The first-order valence-electron chi connectivity index (χ1n) is 9.10. The van der Waals surface area contributed by atoms with E-state index >= 15 is 0 Å². The minimum Gasteiger partial charge on any atom is -0.335 e. The Hall–Kier alpha value is -2.05. The monoisotopic (exact) mass is 420 g/mol. The Kier molecular flexibility index (Phi) is 6.97. The molecule has 1 saturated carbocycles. The van der Waals surface area contributed by atoms with Gasteiger partial charge in [-0.15, -0.1) is 11.8 Å². The molecule has 0 spiro atoms. The Labute approximate surface area is 173 Å². The largest absolute Gasteiger partial charge is 0.335 e. The van der Waals surface area contributed by atoms with Crippen LogP contribution in [0.25, 0.3) is 0 Å². The number of nitrogens with zero attached hydrogens (tertiary/aromatic N) is 1. The summed E-state index contributed by atoms with van der Waals surface area (Å²) in [6, 6.07) is 12.2. The fourth-order valence-corrected chi connectivity index (χ4v) is 3.82. The third-order valence-electron chi connectivity index (χ3n) is 4.46. The van der Waals surface area contributed by atoms with Crippen molar-refractivity contribution < 1.29 is 14.0 Å². The van der Waals surface area contributed by atoms with Crippen LogP contribution in [0.4, 0.5) is 10.1 Å². The first kappa shape index (κ1) is 20.7. The molecule has 4 nitrogen and oxygen atoms in total. The summed E-state index contributed by atoms with van der Waals surface area (Å²) in [4.78, 5) is 26.4. The lowest BCUT2D eigenvalue weighted by Crippen LogP contribution is -2.34. The standard InChI is InChI=1S/C21H22ClFN2O2S/c1-14-4-2-5-15(10-14)24-20(26)12-28-13-21(27)25(16-8-9-16)11-17-18(22)6-3-7-19(17)23/h2-7,10,16H,8-9,11-13H2,1H3,(H,24,26). The van der Waals surface area contributed by atoms with Gasteiger partial charge in [-0.05, 0) is 49.6 Å². The van der Waals surface area contributed by atoms with Gasteiger partial charge >= 0.3 is 0 Å². The SMILES string of the molecule is Cc1cccc(NC(=O)CSCC(=O)N(Cc2c(F)cccc2Cl)C2CC2)c1. The lowest BCUT2D eigenvalue weighted by Gasteiger charge is -2.23. The number of hydrogen-bond donors (Lipinski definition) is 1. The molecule has 2 amide bonds. The number of hydrogen-bond acceptors (Lipinski definition) is 3. The minimum atomic E-state index is -0.406. The van der Waals surface area contributed by atoms with Crippen LogP contribution in [-0.2, 0) is 16.1 Å². The predicted molar refractivity (Wildman–Crippen MR) is 112 cm³/mol. The molecule has 2 aromatic rings. The Morgan fingerprint density at radius 1 is 1.21 bits per heavy atom. The average Bonchev–Trinajstić information content (AvgIpc) is 3.46. The molecule has 1 aliphatic carbocycles. The summed E-state index contributed by atoms with van der Waals surface area (Å²) in [5, 5.41) is 3.15. The van der Waals surface area contributed by atoms with Crippen LogP contribution in [0, 0.1) is 12.7 Å². The highest BCUT2D eigenvalue weighted by atomic mass is 35.5. The molecule has 28 heavy (non-hydrogen) atoms. The van der Waals surface area contributed by atoms with E-state index in [4.69, 9.17) is 11.6 Å². The third-order valence-corrected chi connectivity index (χ3v) is 5.73. The zero-order valence-electron chi connectivity index (χ0n) is 15.6. The molecule has 0 aliphatic heterocycles. The second kappa shape index (κ2) is 9.43. The predicted octanol–water partition coefficient (Wildman–Crippen LogP) is 4.65. The zero-order valence-corrected chi connectivity index (χ0v) is 17.2. The van der Waals surface area contributed by atoms with Crippen LogP contribution in [0.1, 0.15) is 24.0 Å².